The molecular weight excluding hydrogens is 1310 g/mol. The van der Waals surface area contributed by atoms with Gasteiger partial charge in [0, 0.05) is 25.7 Å². The second kappa shape index (κ2) is 75.3. The Morgan fingerprint density at radius 1 is 0.240 bits per heavy atom. The summed E-state index contributed by atoms with van der Waals surface area (Å²) < 4.78 is 68.7. The van der Waals surface area contributed by atoms with Crippen LogP contribution in [0.2, 0.25) is 0 Å². The van der Waals surface area contributed by atoms with E-state index in [-0.39, 0.29) is 25.7 Å². The highest BCUT2D eigenvalue weighted by atomic mass is 31.2. The molecule has 0 spiro atoms. The molecule has 0 saturated heterocycles. The fourth-order valence-corrected chi connectivity index (χ4v) is 14.2. The number of unbranched alkanes of at least 4 members (excludes halogenated alkanes) is 56. The van der Waals surface area contributed by atoms with Gasteiger partial charge in [0.05, 0.1) is 26.4 Å². The quantitative estimate of drug-likeness (QED) is 0.0222. The summed E-state index contributed by atoms with van der Waals surface area (Å²) in [6.07, 6.45) is 68.1. The van der Waals surface area contributed by atoms with Crippen LogP contribution in [0.1, 0.15) is 439 Å². The van der Waals surface area contributed by atoms with Crippen LogP contribution in [0.25, 0.3) is 0 Å². The average Bonchev–Trinajstić information content (AvgIpc) is 0.931. The minimum Gasteiger partial charge on any atom is -0.462 e. The molecule has 3 N–H and O–H groups in total. The fourth-order valence-electron chi connectivity index (χ4n) is 12.6. The van der Waals surface area contributed by atoms with Crippen molar-refractivity contribution in [3.63, 3.8) is 0 Å². The van der Waals surface area contributed by atoms with E-state index < -0.39 is 97.5 Å². The van der Waals surface area contributed by atoms with Crippen molar-refractivity contribution in [2.45, 2.75) is 457 Å². The first-order valence-corrected chi connectivity index (χ1v) is 45.3. The van der Waals surface area contributed by atoms with E-state index in [0.717, 1.165) is 89.9 Å². The Labute approximate surface area is 613 Å². The summed E-state index contributed by atoms with van der Waals surface area (Å²) in [5.41, 5.74) is 0. The number of phosphoric ester groups is 2. The SMILES string of the molecule is CCCCCCCCCCCCCCCCCCCCCCCCC(=O)O[C@H](COC(=O)CCCCCCCCCCCCCCCCCC)COP(=O)(O)OC[C@@H](O)COP(=O)(O)OC[C@@H](COC(=O)CCCCCCCCCCC)OC(=O)CCCCCCCCCCCCCCC. The lowest BCUT2D eigenvalue weighted by Gasteiger charge is -2.21. The van der Waals surface area contributed by atoms with E-state index in [0.29, 0.717) is 25.7 Å². The number of hydrogen-bond donors (Lipinski definition) is 3. The maximum absolute atomic E-state index is 13.1. The van der Waals surface area contributed by atoms with Crippen LogP contribution in [-0.2, 0) is 65.4 Å². The largest absolute Gasteiger partial charge is 0.472 e. The van der Waals surface area contributed by atoms with Gasteiger partial charge in [0.15, 0.2) is 12.2 Å². The molecule has 0 aromatic heterocycles. The predicted octanol–water partition coefficient (Wildman–Crippen LogP) is 24.6. The van der Waals surface area contributed by atoms with Gasteiger partial charge < -0.3 is 33.8 Å². The van der Waals surface area contributed by atoms with Crippen LogP contribution in [0.5, 0.6) is 0 Å². The molecule has 0 amide bonds. The van der Waals surface area contributed by atoms with Crippen LogP contribution in [0.4, 0.5) is 0 Å². The average molecular weight is 1470 g/mol. The van der Waals surface area contributed by atoms with Crippen molar-refractivity contribution in [1.29, 1.82) is 0 Å². The zero-order chi connectivity index (χ0) is 73.2. The molecule has 0 heterocycles. The van der Waals surface area contributed by atoms with Crippen molar-refractivity contribution >= 4 is 39.5 Å². The van der Waals surface area contributed by atoms with Crippen molar-refractivity contribution in [2.24, 2.45) is 0 Å². The Morgan fingerprint density at radius 2 is 0.400 bits per heavy atom. The molecule has 0 rings (SSSR count). The summed E-state index contributed by atoms with van der Waals surface area (Å²) in [5.74, 6) is -2.11. The normalized spacial score (nSPS) is 13.8. The summed E-state index contributed by atoms with van der Waals surface area (Å²) in [5, 5.41) is 10.6. The van der Waals surface area contributed by atoms with Gasteiger partial charge in [-0.25, -0.2) is 9.13 Å². The number of aliphatic hydroxyl groups is 1. The van der Waals surface area contributed by atoms with Gasteiger partial charge >= 0.3 is 39.5 Å². The molecule has 0 aliphatic carbocycles. The first-order chi connectivity index (χ1) is 48.7. The number of ether oxygens (including phenoxy) is 4. The minimum atomic E-state index is -4.96. The summed E-state index contributed by atoms with van der Waals surface area (Å²) in [4.78, 5) is 72.9. The fraction of sp³-hybridized carbons (Fsp3) is 0.951. The van der Waals surface area contributed by atoms with E-state index in [9.17, 15) is 43.2 Å². The lowest BCUT2D eigenvalue weighted by Crippen LogP contribution is -2.30. The number of hydrogen-bond acceptors (Lipinski definition) is 15. The van der Waals surface area contributed by atoms with Crippen LogP contribution in [0.15, 0.2) is 0 Å². The molecule has 0 radical (unpaired) electrons. The van der Waals surface area contributed by atoms with Crippen molar-refractivity contribution < 1.29 is 80.2 Å². The molecule has 0 bridgehead atoms. The van der Waals surface area contributed by atoms with Gasteiger partial charge in [-0.05, 0) is 25.7 Å². The van der Waals surface area contributed by atoms with Gasteiger partial charge in [-0.3, -0.25) is 37.3 Å². The molecule has 5 atom stereocenters. The monoisotopic (exact) mass is 1470 g/mol. The van der Waals surface area contributed by atoms with Gasteiger partial charge in [0.25, 0.3) is 0 Å². The number of aliphatic hydroxyl groups excluding tert-OH is 1. The zero-order valence-corrected chi connectivity index (χ0v) is 67.0. The smallest absolute Gasteiger partial charge is 0.462 e. The number of rotatable bonds is 82. The van der Waals surface area contributed by atoms with Gasteiger partial charge in [-0.15, -0.1) is 0 Å². The van der Waals surface area contributed by atoms with E-state index in [1.54, 1.807) is 0 Å². The first-order valence-electron chi connectivity index (χ1n) is 42.3. The first kappa shape index (κ1) is 98.1. The third kappa shape index (κ3) is 74.3. The van der Waals surface area contributed by atoms with Crippen molar-refractivity contribution in [3.8, 4) is 0 Å². The summed E-state index contributed by atoms with van der Waals surface area (Å²) >= 11 is 0. The zero-order valence-electron chi connectivity index (χ0n) is 65.2. The topological polar surface area (TPSA) is 237 Å². The molecule has 0 fully saturated rings. The second-order valence-corrected chi connectivity index (χ2v) is 32.1. The Hall–Kier alpha value is -1.94. The molecule has 0 aromatic rings. The number of carbonyl (C=O) groups excluding carboxylic acids is 4. The van der Waals surface area contributed by atoms with E-state index in [2.05, 4.69) is 27.7 Å². The highest BCUT2D eigenvalue weighted by molar-refractivity contribution is 7.47. The number of esters is 4. The maximum Gasteiger partial charge on any atom is 0.472 e. The van der Waals surface area contributed by atoms with Crippen molar-refractivity contribution in [2.75, 3.05) is 39.6 Å². The molecule has 0 saturated carbocycles. The number of carbonyl (C=O) groups is 4. The highest BCUT2D eigenvalue weighted by Gasteiger charge is 2.30. The van der Waals surface area contributed by atoms with E-state index in [1.807, 2.05) is 0 Å². The Bertz CT molecular complexity index is 1890. The van der Waals surface area contributed by atoms with Crippen LogP contribution in [0, 0.1) is 0 Å². The Morgan fingerprint density at radius 3 is 0.590 bits per heavy atom. The van der Waals surface area contributed by atoms with Gasteiger partial charge in [0.2, 0.25) is 0 Å². The molecule has 0 aromatic carbocycles. The lowest BCUT2D eigenvalue weighted by molar-refractivity contribution is -0.161. The molecule has 0 aliphatic rings. The van der Waals surface area contributed by atoms with Crippen molar-refractivity contribution in [1.82, 2.24) is 0 Å². The minimum absolute atomic E-state index is 0.108. The van der Waals surface area contributed by atoms with E-state index >= 15 is 0 Å². The summed E-state index contributed by atoms with van der Waals surface area (Å²) in [7, 11) is -9.91. The molecule has 17 nitrogen and oxygen atoms in total. The number of phosphoric acid groups is 2. The van der Waals surface area contributed by atoms with Crippen LogP contribution in [-0.4, -0.2) is 96.7 Å². The maximum atomic E-state index is 13.1. The third-order valence-electron chi connectivity index (χ3n) is 19.1. The van der Waals surface area contributed by atoms with E-state index in [4.69, 9.17) is 37.0 Å². The molecule has 2 unspecified atom stereocenters. The Balaban J connectivity index is 5.19. The van der Waals surface area contributed by atoms with E-state index in [1.165, 1.54) is 270 Å². The van der Waals surface area contributed by atoms with Crippen LogP contribution < -0.4 is 0 Å². The second-order valence-electron chi connectivity index (χ2n) is 29.2. The van der Waals surface area contributed by atoms with Gasteiger partial charge in [0.1, 0.15) is 19.3 Å². The van der Waals surface area contributed by atoms with Crippen molar-refractivity contribution in [3.05, 3.63) is 0 Å². The molecular formula is C81H158O17P2. The predicted molar refractivity (Wildman–Crippen MR) is 409 cm³/mol. The standard InChI is InChI=1S/C81H158O17P2/c1-5-9-13-17-21-25-28-31-33-35-36-37-38-39-40-42-45-48-52-56-60-64-68-81(86)98-77(72-92-79(84)66-62-58-54-50-46-44-41-34-32-29-26-22-18-14-10-6-2)74-96-100(89,90)94-70-75(82)69-93-99(87,88)95-73-76(71-91-78(83)65-61-57-53-49-24-20-16-12-8-4)97-80(85)67-63-59-55-51-47-43-30-27-23-19-15-11-7-3/h75-77,82H,5-74H2,1-4H3,(H,87,88)(H,89,90)/t75-,76+,77+/m0/s1. The molecule has 0 aliphatic heterocycles. The summed E-state index contributed by atoms with van der Waals surface area (Å²) in [6, 6.07) is 0. The van der Waals surface area contributed by atoms with Gasteiger partial charge in [-0.2, -0.15) is 0 Å². The third-order valence-corrected chi connectivity index (χ3v) is 21.0. The van der Waals surface area contributed by atoms with Gasteiger partial charge in [-0.1, -0.05) is 387 Å². The summed E-state index contributed by atoms with van der Waals surface area (Å²) in [6.45, 7) is 5.01. The molecule has 100 heavy (non-hydrogen) atoms. The lowest BCUT2D eigenvalue weighted by atomic mass is 10.0. The Kier molecular flexibility index (Phi) is 73.8. The molecule has 594 valence electrons. The highest BCUT2D eigenvalue weighted by Crippen LogP contribution is 2.45. The van der Waals surface area contributed by atoms with Crippen LogP contribution >= 0.6 is 15.6 Å². The van der Waals surface area contributed by atoms with Crippen LogP contribution in [0.3, 0.4) is 0 Å². The molecule has 19 heteroatoms.